The maximum atomic E-state index is 13.3. The third kappa shape index (κ3) is 8.27. The Kier molecular flexibility index (Phi) is 12.7. The number of phenolic OH excluding ortho intramolecular Hbond substituents is 1. The van der Waals surface area contributed by atoms with Crippen molar-refractivity contribution in [2.75, 3.05) is 26.9 Å². The topological polar surface area (TPSA) is 261 Å². The van der Waals surface area contributed by atoms with E-state index in [1.165, 1.54) is 25.1 Å². The predicted octanol–water partition coefficient (Wildman–Crippen LogP) is -2.91. The molecule has 12 atom stereocenters. The zero-order valence-corrected chi connectivity index (χ0v) is 25.5. The fraction of sp³-hybridized carbons (Fsp3) is 0.600. The van der Waals surface area contributed by atoms with Crippen LogP contribution in [0.4, 0.5) is 0 Å². The molecule has 8 N–H and O–H groups in total. The van der Waals surface area contributed by atoms with Gasteiger partial charge in [-0.25, -0.2) is 4.79 Å². The Morgan fingerprint density at radius 2 is 1.49 bits per heavy atom. The lowest BCUT2D eigenvalue weighted by atomic mass is 9.89. The smallest absolute Gasteiger partial charge is 0.338 e. The molecule has 3 aliphatic rings. The van der Waals surface area contributed by atoms with E-state index in [4.69, 9.17) is 33.2 Å². The number of esters is 2. The van der Waals surface area contributed by atoms with E-state index in [-0.39, 0.29) is 23.5 Å². The first-order valence-electron chi connectivity index (χ1n) is 14.7. The lowest BCUT2D eigenvalue weighted by molar-refractivity contribution is -0.344. The number of allylic oxidation sites excluding steroid dienone is 1. The molecule has 0 saturated carbocycles. The van der Waals surface area contributed by atoms with Crippen LogP contribution in [-0.4, -0.2) is 147 Å². The SMILES string of the molecule is C/C=C1/C(O[C@@H]2O[C@H](CO[C@@H]3O[C@H](CO)[C@@H](O)[C@H](O)[C@H]3O)[C@@H](O)[C@H](O)[C@H]2O)OC=C(C(=O)OC)C1C(=O)OCCc1ccc(O)cc1. The molecule has 0 spiro atoms. The van der Waals surface area contributed by atoms with Crippen molar-refractivity contribution < 1.29 is 83.6 Å². The average molecular weight is 673 g/mol. The minimum Gasteiger partial charge on any atom is -0.508 e. The van der Waals surface area contributed by atoms with Gasteiger partial charge in [0.15, 0.2) is 12.6 Å². The van der Waals surface area contributed by atoms with Gasteiger partial charge < -0.3 is 74.0 Å². The van der Waals surface area contributed by atoms with Crippen LogP contribution in [0.2, 0.25) is 0 Å². The van der Waals surface area contributed by atoms with Crippen molar-refractivity contribution in [3.63, 3.8) is 0 Å². The highest BCUT2D eigenvalue weighted by molar-refractivity contribution is 5.97. The van der Waals surface area contributed by atoms with Gasteiger partial charge in [-0.05, 0) is 24.6 Å². The van der Waals surface area contributed by atoms with E-state index in [1.807, 2.05) is 0 Å². The minimum atomic E-state index is -1.85. The van der Waals surface area contributed by atoms with Crippen molar-refractivity contribution in [1.82, 2.24) is 0 Å². The molecule has 1 aromatic carbocycles. The number of carbonyl (C=O) groups is 2. The number of methoxy groups -OCH3 is 1. The summed E-state index contributed by atoms with van der Waals surface area (Å²) in [7, 11) is 1.11. The van der Waals surface area contributed by atoms with Crippen LogP contribution in [0.5, 0.6) is 5.75 Å². The third-order valence-electron chi connectivity index (χ3n) is 8.00. The van der Waals surface area contributed by atoms with E-state index in [0.29, 0.717) is 6.42 Å². The Morgan fingerprint density at radius 1 is 0.872 bits per heavy atom. The van der Waals surface area contributed by atoms with E-state index in [9.17, 15) is 50.4 Å². The van der Waals surface area contributed by atoms with Crippen LogP contribution in [0.25, 0.3) is 0 Å². The standard InChI is InChI=1S/C30H40O17/c1-3-15-19(27(40)42-9-8-13-4-6-14(32)7-5-13)16(26(39)41-2)11-43-28(15)47-30-25(38)23(36)21(34)18(46-30)12-44-29-24(37)22(35)20(33)17(10-31)45-29/h3-7,11,17-25,28-38H,8-10,12H2,1-2H3/b15-3+/t17-,18-,19?,20-,21-,22+,23+,24-,25-,28?,29-,30+/m1/s1. The monoisotopic (exact) mass is 672 g/mol. The van der Waals surface area contributed by atoms with Crippen molar-refractivity contribution in [3.8, 4) is 5.75 Å². The Balaban J connectivity index is 1.45. The molecule has 47 heavy (non-hydrogen) atoms. The highest BCUT2D eigenvalue weighted by Crippen LogP contribution is 2.35. The van der Waals surface area contributed by atoms with Gasteiger partial charge in [-0.2, -0.15) is 0 Å². The molecule has 1 aromatic rings. The molecule has 0 bridgehead atoms. The summed E-state index contributed by atoms with van der Waals surface area (Å²) in [6.07, 6.45) is -15.4. The summed E-state index contributed by atoms with van der Waals surface area (Å²) in [5.74, 6) is -3.03. The van der Waals surface area contributed by atoms with Crippen LogP contribution in [-0.2, 0) is 49.2 Å². The van der Waals surface area contributed by atoms with E-state index >= 15 is 0 Å². The number of aromatic hydroxyl groups is 1. The molecule has 3 heterocycles. The highest BCUT2D eigenvalue weighted by Gasteiger charge is 2.49. The number of ether oxygens (including phenoxy) is 7. The Labute approximate surface area is 268 Å². The van der Waals surface area contributed by atoms with Gasteiger partial charge in [-0.3, -0.25) is 4.79 Å². The molecule has 2 saturated heterocycles. The van der Waals surface area contributed by atoms with Crippen LogP contribution in [0.15, 0.2) is 47.7 Å². The fourth-order valence-corrected chi connectivity index (χ4v) is 5.26. The summed E-state index contributed by atoms with van der Waals surface area (Å²) in [5, 5.41) is 80.9. The number of benzene rings is 1. The number of aliphatic hydroxyl groups excluding tert-OH is 7. The summed E-state index contributed by atoms with van der Waals surface area (Å²) in [5.41, 5.74) is 0.627. The van der Waals surface area contributed by atoms with Crippen LogP contribution >= 0.6 is 0 Å². The van der Waals surface area contributed by atoms with Crippen molar-refractivity contribution >= 4 is 11.9 Å². The first kappa shape index (κ1) is 36.6. The maximum absolute atomic E-state index is 13.3. The number of hydrogen-bond acceptors (Lipinski definition) is 17. The van der Waals surface area contributed by atoms with E-state index in [0.717, 1.165) is 18.9 Å². The van der Waals surface area contributed by atoms with Gasteiger partial charge in [-0.1, -0.05) is 18.2 Å². The third-order valence-corrected chi connectivity index (χ3v) is 8.00. The molecule has 0 aromatic heterocycles. The van der Waals surface area contributed by atoms with Gasteiger partial charge in [0.1, 0.15) is 60.5 Å². The highest BCUT2D eigenvalue weighted by atomic mass is 16.8. The zero-order chi connectivity index (χ0) is 34.4. The first-order chi connectivity index (χ1) is 22.4. The molecule has 4 rings (SSSR count). The Hall–Kier alpha value is -3.20. The first-order valence-corrected chi connectivity index (χ1v) is 14.7. The van der Waals surface area contributed by atoms with Crippen molar-refractivity contribution in [2.24, 2.45) is 5.92 Å². The molecule has 0 radical (unpaired) electrons. The van der Waals surface area contributed by atoms with E-state index in [2.05, 4.69) is 0 Å². The minimum absolute atomic E-state index is 0.0630. The van der Waals surface area contributed by atoms with Gasteiger partial charge in [0.25, 0.3) is 0 Å². The number of rotatable bonds is 11. The quantitative estimate of drug-likeness (QED) is 0.0865. The summed E-state index contributed by atoms with van der Waals surface area (Å²) in [4.78, 5) is 25.9. The number of carbonyl (C=O) groups excluding carboxylic acids is 2. The van der Waals surface area contributed by atoms with Crippen molar-refractivity contribution in [1.29, 1.82) is 0 Å². The molecule has 0 amide bonds. The summed E-state index contributed by atoms with van der Waals surface area (Å²) < 4.78 is 38.0. The lowest BCUT2D eigenvalue weighted by Gasteiger charge is -2.43. The van der Waals surface area contributed by atoms with Gasteiger partial charge >= 0.3 is 11.9 Å². The van der Waals surface area contributed by atoms with Crippen molar-refractivity contribution in [2.45, 2.75) is 81.0 Å². The molecular formula is C30H40O17. The van der Waals surface area contributed by atoms with E-state index in [1.54, 1.807) is 12.1 Å². The van der Waals surface area contributed by atoms with E-state index < -0.39 is 98.8 Å². The van der Waals surface area contributed by atoms with Crippen LogP contribution in [0.3, 0.4) is 0 Å². The predicted molar refractivity (Wildman–Crippen MR) is 152 cm³/mol. The second-order valence-electron chi connectivity index (χ2n) is 11.0. The molecule has 262 valence electrons. The Morgan fingerprint density at radius 3 is 2.11 bits per heavy atom. The lowest BCUT2D eigenvalue weighted by Crippen LogP contribution is -2.62. The van der Waals surface area contributed by atoms with Gasteiger partial charge in [0.2, 0.25) is 6.29 Å². The number of hydrogen-bond donors (Lipinski definition) is 8. The maximum Gasteiger partial charge on any atom is 0.338 e. The average Bonchev–Trinajstić information content (AvgIpc) is 3.07. The summed E-state index contributed by atoms with van der Waals surface area (Å²) in [6.45, 7) is 0.141. The largest absolute Gasteiger partial charge is 0.508 e. The van der Waals surface area contributed by atoms with Crippen LogP contribution < -0.4 is 0 Å². The van der Waals surface area contributed by atoms with Crippen LogP contribution in [0.1, 0.15) is 12.5 Å². The van der Waals surface area contributed by atoms with Gasteiger partial charge in [-0.15, -0.1) is 0 Å². The second-order valence-corrected chi connectivity index (χ2v) is 11.0. The molecule has 17 heteroatoms. The molecule has 3 aliphatic heterocycles. The zero-order valence-electron chi connectivity index (χ0n) is 25.5. The summed E-state index contributed by atoms with van der Waals surface area (Å²) in [6, 6.07) is 6.28. The normalized spacial score (nSPS) is 36.7. The van der Waals surface area contributed by atoms with Gasteiger partial charge in [0, 0.05) is 12.0 Å². The molecule has 0 aliphatic carbocycles. The second kappa shape index (κ2) is 16.3. The molecule has 17 nitrogen and oxygen atoms in total. The summed E-state index contributed by atoms with van der Waals surface area (Å²) >= 11 is 0. The molecular weight excluding hydrogens is 632 g/mol. The Bertz CT molecular complexity index is 1270. The fourth-order valence-electron chi connectivity index (χ4n) is 5.26. The molecule has 2 fully saturated rings. The van der Waals surface area contributed by atoms with Gasteiger partial charge in [0.05, 0.1) is 38.8 Å². The van der Waals surface area contributed by atoms with Crippen LogP contribution in [0, 0.1) is 5.92 Å². The number of phenols is 1. The number of aliphatic hydroxyl groups is 7. The molecule has 2 unspecified atom stereocenters. The van der Waals surface area contributed by atoms with Crippen molar-refractivity contribution in [3.05, 3.63) is 53.3 Å².